The van der Waals surface area contributed by atoms with Crippen molar-refractivity contribution in [2.75, 3.05) is 26.3 Å². The number of nitrogens with zero attached hydrogens (tertiary/aromatic N) is 1. The van der Waals surface area contributed by atoms with Crippen molar-refractivity contribution in [1.29, 1.82) is 0 Å². The van der Waals surface area contributed by atoms with Gasteiger partial charge in [0.1, 0.15) is 11.6 Å². The molecule has 3 aliphatic rings. The number of aliphatic hydroxyl groups is 1. The maximum absolute atomic E-state index is 13.4. The molecule has 2 unspecified atom stereocenters. The minimum absolute atomic E-state index is 0.108. The van der Waals surface area contributed by atoms with E-state index < -0.39 is 29.4 Å². The van der Waals surface area contributed by atoms with Gasteiger partial charge in [-0.25, -0.2) is 0 Å². The smallest absolute Gasteiger partial charge is 0.312 e. The SMILES string of the molecule is CCCCNC(=O)C1N(CCCCCO)C(=O)[C@@H]2[C@@H](C(=O)OCC)[C@H]3CCC12O3. The monoisotopic (exact) mass is 410 g/mol. The molecule has 0 saturated carbocycles. The Bertz CT molecular complexity index is 626. The zero-order chi connectivity index (χ0) is 21.0. The Morgan fingerprint density at radius 3 is 2.76 bits per heavy atom. The van der Waals surface area contributed by atoms with Gasteiger partial charge in [-0.3, -0.25) is 14.4 Å². The average Bonchev–Trinajstić information content (AvgIpc) is 3.33. The quantitative estimate of drug-likeness (QED) is 0.389. The van der Waals surface area contributed by atoms with E-state index in [0.29, 0.717) is 38.8 Å². The van der Waals surface area contributed by atoms with E-state index in [1.165, 1.54) is 0 Å². The van der Waals surface area contributed by atoms with Gasteiger partial charge in [-0.05, 0) is 45.4 Å². The van der Waals surface area contributed by atoms with Crippen LogP contribution in [0.2, 0.25) is 0 Å². The first-order valence-electron chi connectivity index (χ1n) is 11.0. The first-order chi connectivity index (χ1) is 14.0. The van der Waals surface area contributed by atoms with E-state index in [4.69, 9.17) is 14.6 Å². The number of hydrogen-bond acceptors (Lipinski definition) is 6. The molecule has 2 bridgehead atoms. The molecule has 8 heteroatoms. The molecule has 0 aromatic carbocycles. The minimum atomic E-state index is -0.938. The second-order valence-electron chi connectivity index (χ2n) is 8.27. The maximum Gasteiger partial charge on any atom is 0.312 e. The van der Waals surface area contributed by atoms with E-state index in [0.717, 1.165) is 19.3 Å². The van der Waals surface area contributed by atoms with Gasteiger partial charge in [-0.1, -0.05) is 13.3 Å². The van der Waals surface area contributed by atoms with Gasteiger partial charge in [0.2, 0.25) is 11.8 Å². The van der Waals surface area contributed by atoms with Crippen molar-refractivity contribution in [3.8, 4) is 0 Å². The summed E-state index contributed by atoms with van der Waals surface area (Å²) in [5, 5.41) is 12.0. The molecule has 3 rings (SSSR count). The second-order valence-corrected chi connectivity index (χ2v) is 8.27. The first kappa shape index (κ1) is 22.0. The average molecular weight is 411 g/mol. The number of ether oxygens (including phenoxy) is 2. The summed E-state index contributed by atoms with van der Waals surface area (Å²) in [7, 11) is 0. The molecule has 1 spiro atoms. The van der Waals surface area contributed by atoms with Crippen LogP contribution in [0.3, 0.4) is 0 Å². The lowest BCUT2D eigenvalue weighted by atomic mass is 9.71. The third kappa shape index (κ3) is 3.89. The van der Waals surface area contributed by atoms with Gasteiger partial charge in [0.15, 0.2) is 0 Å². The predicted molar refractivity (Wildman–Crippen MR) is 105 cm³/mol. The number of carbonyl (C=O) groups is 3. The van der Waals surface area contributed by atoms with Crippen LogP contribution in [0.1, 0.15) is 58.8 Å². The lowest BCUT2D eigenvalue weighted by Crippen LogP contribution is -2.55. The highest BCUT2D eigenvalue weighted by molar-refractivity contribution is 5.98. The molecule has 8 nitrogen and oxygen atoms in total. The van der Waals surface area contributed by atoms with Crippen LogP contribution in [0, 0.1) is 11.8 Å². The van der Waals surface area contributed by atoms with E-state index in [9.17, 15) is 14.4 Å². The lowest BCUT2D eigenvalue weighted by molar-refractivity contribution is -0.154. The number of hydrogen-bond donors (Lipinski definition) is 2. The molecule has 5 atom stereocenters. The Labute approximate surface area is 172 Å². The van der Waals surface area contributed by atoms with Gasteiger partial charge < -0.3 is 24.8 Å². The van der Waals surface area contributed by atoms with Gasteiger partial charge >= 0.3 is 5.97 Å². The molecule has 0 aromatic heterocycles. The fraction of sp³-hybridized carbons (Fsp3) is 0.857. The largest absolute Gasteiger partial charge is 0.466 e. The van der Waals surface area contributed by atoms with Crippen molar-refractivity contribution in [3.05, 3.63) is 0 Å². The predicted octanol–water partition coefficient (Wildman–Crippen LogP) is 1.00. The van der Waals surface area contributed by atoms with Gasteiger partial charge in [0.05, 0.1) is 24.5 Å². The normalized spacial score (nSPS) is 32.5. The molecule has 3 saturated heterocycles. The standard InChI is InChI=1S/C21H34N2O6/c1-3-5-11-22-18(25)17-21-10-9-14(29-21)15(20(27)28-4-2)16(21)19(26)23(17)12-7-6-8-13-24/h14-17,24H,3-13H2,1-2H3,(H,22,25)/t14-,15+,16+,17?,21?/m1/s1. The summed E-state index contributed by atoms with van der Waals surface area (Å²) in [5.74, 6) is -2.05. The molecule has 2 amide bonds. The number of nitrogens with one attached hydrogen (secondary N) is 1. The highest BCUT2D eigenvalue weighted by Crippen LogP contribution is 2.58. The number of esters is 1. The van der Waals surface area contributed by atoms with Gasteiger partial charge in [0, 0.05) is 19.7 Å². The molecule has 3 fully saturated rings. The Balaban J connectivity index is 1.85. The Kier molecular flexibility index (Phi) is 7.16. The van der Waals surface area contributed by atoms with Crippen LogP contribution in [0.25, 0.3) is 0 Å². The van der Waals surface area contributed by atoms with E-state index in [1.54, 1.807) is 11.8 Å². The number of unbranched alkanes of at least 4 members (excludes halogenated alkanes) is 3. The topological polar surface area (TPSA) is 105 Å². The zero-order valence-electron chi connectivity index (χ0n) is 17.5. The third-order valence-corrected chi connectivity index (χ3v) is 6.49. The van der Waals surface area contributed by atoms with Crippen LogP contribution in [0.15, 0.2) is 0 Å². The maximum atomic E-state index is 13.4. The van der Waals surface area contributed by atoms with Crippen molar-refractivity contribution >= 4 is 17.8 Å². The van der Waals surface area contributed by atoms with Crippen molar-refractivity contribution in [3.63, 3.8) is 0 Å². The van der Waals surface area contributed by atoms with Crippen LogP contribution < -0.4 is 5.32 Å². The number of rotatable bonds is 11. The van der Waals surface area contributed by atoms with E-state index >= 15 is 0 Å². The van der Waals surface area contributed by atoms with Crippen LogP contribution in [-0.2, 0) is 23.9 Å². The summed E-state index contributed by atoms with van der Waals surface area (Å²) in [5.41, 5.74) is -0.938. The minimum Gasteiger partial charge on any atom is -0.466 e. The van der Waals surface area contributed by atoms with Crippen molar-refractivity contribution < 1.29 is 29.0 Å². The molecule has 164 valence electrons. The molecule has 0 radical (unpaired) electrons. The summed E-state index contributed by atoms with van der Waals surface area (Å²) in [6.07, 6.45) is 4.86. The first-order valence-corrected chi connectivity index (χ1v) is 11.0. The Morgan fingerprint density at radius 1 is 1.28 bits per heavy atom. The number of carbonyl (C=O) groups excluding carboxylic acids is 3. The molecule has 29 heavy (non-hydrogen) atoms. The number of fused-ring (bicyclic) bond motifs is 1. The van der Waals surface area contributed by atoms with Gasteiger partial charge in [-0.2, -0.15) is 0 Å². The Morgan fingerprint density at radius 2 is 2.07 bits per heavy atom. The number of amides is 2. The lowest BCUT2D eigenvalue weighted by Gasteiger charge is -2.33. The summed E-state index contributed by atoms with van der Waals surface area (Å²) < 4.78 is 11.5. The second kappa shape index (κ2) is 9.43. The highest BCUT2D eigenvalue weighted by atomic mass is 16.6. The summed E-state index contributed by atoms with van der Waals surface area (Å²) >= 11 is 0. The van der Waals surface area contributed by atoms with E-state index in [-0.39, 0.29) is 31.1 Å². The number of likely N-dealkylation sites (tertiary alicyclic amines) is 1. The molecule has 3 heterocycles. The fourth-order valence-corrected chi connectivity index (χ4v) is 5.26. The van der Waals surface area contributed by atoms with Crippen molar-refractivity contribution in [2.45, 2.75) is 76.5 Å². The Hall–Kier alpha value is -1.67. The van der Waals surface area contributed by atoms with Crippen LogP contribution in [0.4, 0.5) is 0 Å². The van der Waals surface area contributed by atoms with Crippen molar-refractivity contribution in [1.82, 2.24) is 10.2 Å². The molecular weight excluding hydrogens is 376 g/mol. The molecule has 0 aliphatic carbocycles. The molecule has 2 N–H and O–H groups in total. The zero-order valence-corrected chi connectivity index (χ0v) is 17.5. The highest BCUT2D eigenvalue weighted by Gasteiger charge is 2.74. The van der Waals surface area contributed by atoms with Gasteiger partial charge in [0.25, 0.3) is 0 Å². The number of aliphatic hydroxyl groups excluding tert-OH is 1. The summed E-state index contributed by atoms with van der Waals surface area (Å²) in [6, 6.07) is -0.713. The third-order valence-electron chi connectivity index (χ3n) is 6.49. The molecule has 3 aliphatic heterocycles. The van der Waals surface area contributed by atoms with Crippen LogP contribution >= 0.6 is 0 Å². The van der Waals surface area contributed by atoms with Crippen LogP contribution in [0.5, 0.6) is 0 Å². The summed E-state index contributed by atoms with van der Waals surface area (Å²) in [6.45, 7) is 5.14. The summed E-state index contributed by atoms with van der Waals surface area (Å²) in [4.78, 5) is 40.8. The van der Waals surface area contributed by atoms with Gasteiger partial charge in [-0.15, -0.1) is 0 Å². The van der Waals surface area contributed by atoms with E-state index in [1.807, 2.05) is 0 Å². The fourth-order valence-electron chi connectivity index (χ4n) is 5.26. The van der Waals surface area contributed by atoms with E-state index in [2.05, 4.69) is 12.2 Å². The van der Waals surface area contributed by atoms with Crippen molar-refractivity contribution in [2.24, 2.45) is 11.8 Å². The molecular formula is C21H34N2O6. The molecule has 0 aromatic rings. The van der Waals surface area contributed by atoms with Crippen LogP contribution in [-0.4, -0.2) is 71.8 Å².